The molecule has 0 bridgehead atoms. The van der Waals surface area contributed by atoms with Crippen molar-refractivity contribution in [1.82, 2.24) is 9.97 Å². The fraction of sp³-hybridized carbons (Fsp3) is 0.238. The van der Waals surface area contributed by atoms with Gasteiger partial charge in [0.15, 0.2) is 0 Å². The number of nitrogens with two attached hydrogens (primary N) is 1. The Kier molecular flexibility index (Phi) is 4.51. The first-order valence-corrected chi connectivity index (χ1v) is 8.72. The molecule has 5 nitrogen and oxygen atoms in total. The second-order valence-electron chi connectivity index (χ2n) is 6.54. The molecule has 4 rings (SSSR count). The Morgan fingerprint density at radius 3 is 3.00 bits per heavy atom. The summed E-state index contributed by atoms with van der Waals surface area (Å²) in [6.45, 7) is 1.80. The first-order chi connectivity index (χ1) is 13.2. The Balaban J connectivity index is 1.66. The van der Waals surface area contributed by atoms with Crippen LogP contribution in [0.5, 0.6) is 0 Å². The van der Waals surface area contributed by atoms with Gasteiger partial charge in [-0.05, 0) is 25.0 Å². The van der Waals surface area contributed by atoms with E-state index in [4.69, 9.17) is 5.73 Å². The molecule has 2 atom stereocenters. The maximum atomic E-state index is 14.6. The molecule has 2 aliphatic heterocycles. The molecule has 2 N–H and O–H groups in total. The number of fused-ring (bicyclic) bond motifs is 1. The highest BCUT2D eigenvalue weighted by Gasteiger charge is 2.25. The molecule has 0 saturated heterocycles. The second-order valence-corrected chi connectivity index (χ2v) is 6.54. The summed E-state index contributed by atoms with van der Waals surface area (Å²) in [5.41, 5.74) is 10.0. The molecule has 0 fully saturated rings. The van der Waals surface area contributed by atoms with Crippen LogP contribution in [0.4, 0.5) is 4.39 Å². The quantitative estimate of drug-likeness (QED) is 0.837. The van der Waals surface area contributed by atoms with Gasteiger partial charge in [-0.2, -0.15) is 0 Å². The fourth-order valence-electron chi connectivity index (χ4n) is 3.45. The van der Waals surface area contributed by atoms with E-state index in [0.29, 0.717) is 17.8 Å². The molecule has 27 heavy (non-hydrogen) atoms. The summed E-state index contributed by atoms with van der Waals surface area (Å²) in [4.78, 5) is 17.0. The zero-order valence-electron chi connectivity index (χ0n) is 14.9. The molecule has 2 aliphatic rings. The molecular formula is C21H18FN5. The number of hydrogen-bond acceptors (Lipinski definition) is 5. The van der Waals surface area contributed by atoms with E-state index in [9.17, 15) is 4.39 Å². The van der Waals surface area contributed by atoms with E-state index in [1.165, 1.54) is 12.4 Å². The van der Waals surface area contributed by atoms with Gasteiger partial charge in [0.25, 0.3) is 0 Å². The molecular weight excluding hydrogens is 341 g/mol. The van der Waals surface area contributed by atoms with Crippen molar-refractivity contribution in [1.29, 1.82) is 0 Å². The summed E-state index contributed by atoms with van der Waals surface area (Å²) in [6.07, 6.45) is 8.01. The largest absolute Gasteiger partial charge is 0.383 e. The first kappa shape index (κ1) is 17.1. The third kappa shape index (κ3) is 3.36. The molecule has 0 aliphatic carbocycles. The van der Waals surface area contributed by atoms with Crippen LogP contribution < -0.4 is 5.73 Å². The molecule has 0 radical (unpaired) electrons. The first-order valence-electron chi connectivity index (χ1n) is 8.72. The van der Waals surface area contributed by atoms with Crippen molar-refractivity contribution in [3.63, 3.8) is 0 Å². The van der Waals surface area contributed by atoms with E-state index in [2.05, 4.69) is 31.8 Å². The highest BCUT2D eigenvalue weighted by atomic mass is 19.1. The Labute approximate surface area is 157 Å². The van der Waals surface area contributed by atoms with Gasteiger partial charge in [-0.15, -0.1) is 5.92 Å². The highest BCUT2D eigenvalue weighted by Crippen LogP contribution is 2.33. The maximum Gasteiger partial charge on any atom is 0.129 e. The normalized spacial score (nSPS) is 20.8. The van der Waals surface area contributed by atoms with Crippen LogP contribution in [0.2, 0.25) is 0 Å². The van der Waals surface area contributed by atoms with Gasteiger partial charge in [0, 0.05) is 42.1 Å². The Morgan fingerprint density at radius 2 is 2.15 bits per heavy atom. The Hall–Kier alpha value is -3.33. The fourth-order valence-corrected chi connectivity index (χ4v) is 3.45. The number of aromatic nitrogens is 2. The van der Waals surface area contributed by atoms with Gasteiger partial charge in [0.1, 0.15) is 18.0 Å². The van der Waals surface area contributed by atoms with Gasteiger partial charge in [-0.25, -0.2) is 14.4 Å². The second kappa shape index (κ2) is 7.12. The summed E-state index contributed by atoms with van der Waals surface area (Å²) >= 11 is 0. The van der Waals surface area contributed by atoms with Crippen molar-refractivity contribution < 1.29 is 4.39 Å². The van der Waals surface area contributed by atoms with Crippen LogP contribution in [-0.4, -0.2) is 22.0 Å². The van der Waals surface area contributed by atoms with E-state index >= 15 is 0 Å². The lowest BCUT2D eigenvalue weighted by Gasteiger charge is -2.23. The molecule has 0 spiro atoms. The summed E-state index contributed by atoms with van der Waals surface area (Å²) < 4.78 is 14.6. The number of halogens is 1. The molecule has 134 valence electrons. The van der Waals surface area contributed by atoms with Gasteiger partial charge in [0.05, 0.1) is 17.3 Å². The van der Waals surface area contributed by atoms with Crippen molar-refractivity contribution in [3.8, 4) is 11.8 Å². The van der Waals surface area contributed by atoms with E-state index in [0.717, 1.165) is 28.8 Å². The smallest absolute Gasteiger partial charge is 0.129 e. The Morgan fingerprint density at radius 1 is 1.26 bits per heavy atom. The van der Waals surface area contributed by atoms with Gasteiger partial charge >= 0.3 is 0 Å². The third-order valence-electron chi connectivity index (χ3n) is 4.78. The number of aliphatic imine (C=N–C) groups is 2. The minimum Gasteiger partial charge on any atom is -0.383 e. The van der Waals surface area contributed by atoms with Crippen molar-refractivity contribution in [2.75, 3.05) is 0 Å². The van der Waals surface area contributed by atoms with Crippen LogP contribution in [0, 0.1) is 17.7 Å². The average molecular weight is 359 g/mol. The lowest BCUT2D eigenvalue weighted by atomic mass is 9.88. The van der Waals surface area contributed by atoms with Crippen LogP contribution in [0.15, 0.2) is 52.5 Å². The highest BCUT2D eigenvalue weighted by molar-refractivity contribution is 5.99. The molecule has 0 amide bonds. The van der Waals surface area contributed by atoms with Crippen LogP contribution in [-0.2, 0) is 6.42 Å². The van der Waals surface area contributed by atoms with Crippen LogP contribution in [0.1, 0.15) is 47.7 Å². The van der Waals surface area contributed by atoms with Crippen molar-refractivity contribution in [2.45, 2.75) is 31.7 Å². The SMILES string of the molecule is CC#CC1=CN=CC(c2ccc(F)c(C3Cc4ncncc4C(N)=N3)c2)C1. The lowest BCUT2D eigenvalue weighted by Crippen LogP contribution is -2.24. The number of amidine groups is 1. The zero-order valence-corrected chi connectivity index (χ0v) is 14.9. The standard InChI is InChI=1S/C21H18FN5/c1-2-3-13-6-15(10-24-9-13)14-4-5-18(22)16(7-14)20-8-19-17(21(23)27-20)11-25-12-26-19/h4-5,7,9-12,15,20H,6,8H2,1H3,(H2,23,27). The number of hydrogen-bond donors (Lipinski definition) is 1. The van der Waals surface area contributed by atoms with Crippen LogP contribution in [0.3, 0.4) is 0 Å². The summed E-state index contributed by atoms with van der Waals surface area (Å²) in [7, 11) is 0. The molecule has 0 saturated carbocycles. The molecule has 1 aromatic carbocycles. The lowest BCUT2D eigenvalue weighted by molar-refractivity contribution is 0.573. The van der Waals surface area contributed by atoms with E-state index in [1.807, 2.05) is 12.3 Å². The monoisotopic (exact) mass is 359 g/mol. The molecule has 6 heteroatoms. The molecule has 2 unspecified atom stereocenters. The number of rotatable bonds is 2. The number of benzene rings is 1. The summed E-state index contributed by atoms with van der Waals surface area (Å²) in [5, 5.41) is 0. The predicted molar refractivity (Wildman–Crippen MR) is 103 cm³/mol. The van der Waals surface area contributed by atoms with E-state index < -0.39 is 6.04 Å². The van der Waals surface area contributed by atoms with Crippen molar-refractivity contribution in [3.05, 3.63) is 70.7 Å². The van der Waals surface area contributed by atoms with Crippen LogP contribution >= 0.6 is 0 Å². The van der Waals surface area contributed by atoms with Gasteiger partial charge in [-0.3, -0.25) is 9.98 Å². The maximum absolute atomic E-state index is 14.6. The number of nitrogens with zero attached hydrogens (tertiary/aromatic N) is 4. The number of allylic oxidation sites excluding steroid dienone is 1. The van der Waals surface area contributed by atoms with Gasteiger partial charge in [-0.1, -0.05) is 18.1 Å². The molecule has 2 aromatic rings. The van der Waals surface area contributed by atoms with Gasteiger partial charge < -0.3 is 5.73 Å². The van der Waals surface area contributed by atoms with Gasteiger partial charge in [0.2, 0.25) is 0 Å². The summed E-state index contributed by atoms with van der Waals surface area (Å²) in [6, 6.07) is 4.74. The van der Waals surface area contributed by atoms with Crippen LogP contribution in [0.25, 0.3) is 0 Å². The Bertz CT molecular complexity index is 1040. The predicted octanol–water partition coefficient (Wildman–Crippen LogP) is 3.08. The van der Waals surface area contributed by atoms with Crippen molar-refractivity contribution >= 4 is 12.1 Å². The molecule has 1 aromatic heterocycles. The van der Waals surface area contributed by atoms with E-state index in [1.54, 1.807) is 25.4 Å². The zero-order chi connectivity index (χ0) is 18.8. The topological polar surface area (TPSA) is 76.5 Å². The van der Waals surface area contributed by atoms with Crippen molar-refractivity contribution in [2.24, 2.45) is 15.7 Å². The summed E-state index contributed by atoms with van der Waals surface area (Å²) in [5.74, 6) is 6.07. The van der Waals surface area contributed by atoms with E-state index in [-0.39, 0.29) is 11.7 Å². The minimum absolute atomic E-state index is 0.0599. The molecule has 3 heterocycles. The average Bonchev–Trinajstić information content (AvgIpc) is 2.69. The third-order valence-corrected chi connectivity index (χ3v) is 4.78. The minimum atomic E-state index is -0.404.